The molecule has 0 saturated carbocycles. The van der Waals surface area contributed by atoms with Crippen molar-refractivity contribution in [1.29, 1.82) is 0 Å². The minimum absolute atomic E-state index is 0.0407. The highest BCUT2D eigenvalue weighted by Crippen LogP contribution is 2.20. The Morgan fingerprint density at radius 1 is 1.22 bits per heavy atom. The summed E-state index contributed by atoms with van der Waals surface area (Å²) in [4.78, 5) is 22.6. The molecule has 0 saturated heterocycles. The van der Waals surface area contributed by atoms with E-state index in [2.05, 4.69) is 36.7 Å². The molecule has 2 N–H and O–H groups in total. The second-order valence-electron chi connectivity index (χ2n) is 5.62. The van der Waals surface area contributed by atoms with Gasteiger partial charge in [0.1, 0.15) is 5.69 Å². The van der Waals surface area contributed by atoms with Crippen LogP contribution in [-0.2, 0) is 0 Å². The van der Waals surface area contributed by atoms with E-state index in [-0.39, 0.29) is 11.4 Å². The van der Waals surface area contributed by atoms with E-state index in [4.69, 9.17) is 0 Å². The van der Waals surface area contributed by atoms with Crippen LogP contribution in [0.4, 0.5) is 5.69 Å². The molecule has 1 aromatic heterocycles. The molecule has 1 heterocycles. The molecule has 3 rings (SSSR count). The van der Waals surface area contributed by atoms with Crippen LogP contribution in [-0.4, -0.2) is 26.7 Å². The summed E-state index contributed by atoms with van der Waals surface area (Å²) in [6.45, 7) is 1.65. The molecule has 27 heavy (non-hydrogen) atoms. The molecule has 0 fully saturated rings. The molecule has 0 aliphatic carbocycles. The fraction of sp³-hybridized carbons (Fsp3) is 0.0556. The Bertz CT molecular complexity index is 1030. The summed E-state index contributed by atoms with van der Waals surface area (Å²) in [6, 6.07) is 15.2. The highest BCUT2D eigenvalue weighted by atomic mass is 79.9. The van der Waals surface area contributed by atoms with E-state index in [9.17, 15) is 14.9 Å². The van der Waals surface area contributed by atoms with Crippen LogP contribution in [0.3, 0.4) is 0 Å². The molecule has 0 aliphatic heterocycles. The molecular weight excluding hydrogens is 414 g/mol. The molecule has 0 spiro atoms. The molecule has 3 aromatic rings. The zero-order chi connectivity index (χ0) is 19.4. The van der Waals surface area contributed by atoms with Gasteiger partial charge in [-0.15, -0.1) is 0 Å². The number of non-ortho nitro benzene ring substituents is 1. The van der Waals surface area contributed by atoms with Crippen molar-refractivity contribution in [2.75, 3.05) is 0 Å². The number of H-pyrrole nitrogens is 1. The molecule has 0 radical (unpaired) electrons. The van der Waals surface area contributed by atoms with Crippen LogP contribution in [0, 0.1) is 10.1 Å². The van der Waals surface area contributed by atoms with E-state index in [1.165, 1.54) is 12.1 Å². The smallest absolute Gasteiger partial charge is 0.272 e. The maximum atomic E-state index is 12.2. The van der Waals surface area contributed by atoms with Gasteiger partial charge in [-0.1, -0.05) is 40.2 Å². The lowest BCUT2D eigenvalue weighted by Crippen LogP contribution is -2.19. The Balaban J connectivity index is 1.72. The van der Waals surface area contributed by atoms with Gasteiger partial charge < -0.3 is 0 Å². The Hall–Kier alpha value is -3.33. The van der Waals surface area contributed by atoms with Crippen molar-refractivity contribution in [1.82, 2.24) is 15.6 Å². The van der Waals surface area contributed by atoms with Crippen LogP contribution in [0.1, 0.15) is 23.0 Å². The number of benzene rings is 2. The van der Waals surface area contributed by atoms with Gasteiger partial charge in [0.05, 0.1) is 16.3 Å². The van der Waals surface area contributed by atoms with E-state index in [0.717, 1.165) is 10.0 Å². The van der Waals surface area contributed by atoms with Crippen LogP contribution in [0.15, 0.2) is 64.2 Å². The van der Waals surface area contributed by atoms with Crippen LogP contribution in [0.5, 0.6) is 0 Å². The minimum atomic E-state index is -0.483. The molecular formula is C18H14BrN5O3. The number of rotatable bonds is 5. The lowest BCUT2D eigenvalue weighted by atomic mass is 10.1. The number of nitrogens with one attached hydrogen (secondary N) is 2. The van der Waals surface area contributed by atoms with Crippen molar-refractivity contribution >= 4 is 33.2 Å². The number of carbonyl (C=O) groups excluding carboxylic acids is 1. The number of aromatic nitrogens is 2. The van der Waals surface area contributed by atoms with Gasteiger partial charge in [0.15, 0.2) is 0 Å². The fourth-order valence-electron chi connectivity index (χ4n) is 2.31. The predicted octanol–water partition coefficient (Wildman–Crippen LogP) is 3.90. The zero-order valence-corrected chi connectivity index (χ0v) is 15.7. The summed E-state index contributed by atoms with van der Waals surface area (Å²) in [7, 11) is 0. The molecule has 1 amide bonds. The number of carbonyl (C=O) groups is 1. The van der Waals surface area contributed by atoms with Crippen molar-refractivity contribution in [2.24, 2.45) is 5.10 Å². The van der Waals surface area contributed by atoms with E-state index in [1.807, 2.05) is 24.3 Å². The molecule has 0 atom stereocenters. The topological polar surface area (TPSA) is 113 Å². The van der Waals surface area contributed by atoms with Crippen molar-refractivity contribution in [2.45, 2.75) is 6.92 Å². The van der Waals surface area contributed by atoms with Crippen LogP contribution in [0.2, 0.25) is 0 Å². The maximum Gasteiger partial charge on any atom is 0.289 e. The van der Waals surface area contributed by atoms with E-state index in [1.54, 1.807) is 25.1 Å². The van der Waals surface area contributed by atoms with E-state index in [0.29, 0.717) is 17.0 Å². The van der Waals surface area contributed by atoms with Gasteiger partial charge in [-0.05, 0) is 25.1 Å². The molecule has 0 bridgehead atoms. The number of hydrazone groups is 1. The van der Waals surface area contributed by atoms with Crippen LogP contribution in [0.25, 0.3) is 11.3 Å². The second-order valence-corrected chi connectivity index (χ2v) is 6.54. The van der Waals surface area contributed by atoms with Gasteiger partial charge >= 0.3 is 0 Å². The summed E-state index contributed by atoms with van der Waals surface area (Å²) in [5, 5.41) is 21.7. The number of nitro benzene ring substituents is 1. The van der Waals surface area contributed by atoms with Gasteiger partial charge in [-0.3, -0.25) is 20.0 Å². The molecule has 0 unspecified atom stereocenters. The Morgan fingerprint density at radius 3 is 2.67 bits per heavy atom. The first-order chi connectivity index (χ1) is 12.9. The number of halogens is 1. The number of aromatic amines is 1. The highest BCUT2D eigenvalue weighted by molar-refractivity contribution is 9.10. The first-order valence-corrected chi connectivity index (χ1v) is 8.64. The van der Waals surface area contributed by atoms with Crippen molar-refractivity contribution in [3.05, 3.63) is 80.4 Å². The summed E-state index contributed by atoms with van der Waals surface area (Å²) in [5.74, 6) is -0.462. The molecule has 136 valence electrons. The van der Waals surface area contributed by atoms with Crippen molar-refractivity contribution < 1.29 is 9.72 Å². The molecule has 9 heteroatoms. The number of hydrogen-bond donors (Lipinski definition) is 2. The van der Waals surface area contributed by atoms with E-state index >= 15 is 0 Å². The lowest BCUT2D eigenvalue weighted by molar-refractivity contribution is -0.384. The third-order valence-corrected chi connectivity index (χ3v) is 4.29. The summed E-state index contributed by atoms with van der Waals surface area (Å²) >= 11 is 3.37. The van der Waals surface area contributed by atoms with Gasteiger partial charge in [-0.2, -0.15) is 10.2 Å². The minimum Gasteiger partial charge on any atom is -0.272 e. The Morgan fingerprint density at radius 2 is 1.96 bits per heavy atom. The SMILES string of the molecule is C/C(=N/NC(=O)c1cc(-c2ccc(Br)cc2)n[nH]1)c1cccc([N+](=O)[O-])c1. The standard InChI is InChI=1S/C18H14BrN5O3/c1-11(13-3-2-4-15(9-13)24(26)27)20-23-18(25)17-10-16(21-22-17)12-5-7-14(19)8-6-12/h2-10H,1H3,(H,21,22)(H,23,25)/b20-11-. The normalized spacial score (nSPS) is 11.3. The van der Waals surface area contributed by atoms with Crippen molar-refractivity contribution in [3.63, 3.8) is 0 Å². The molecule has 8 nitrogen and oxygen atoms in total. The van der Waals surface area contributed by atoms with Crippen LogP contribution >= 0.6 is 15.9 Å². The number of amides is 1. The average molecular weight is 428 g/mol. The number of hydrogen-bond acceptors (Lipinski definition) is 5. The summed E-state index contributed by atoms with van der Waals surface area (Å²) in [5.41, 5.74) is 5.12. The predicted molar refractivity (Wildman–Crippen MR) is 104 cm³/mol. The number of nitrogens with zero attached hydrogens (tertiary/aromatic N) is 3. The third kappa shape index (κ3) is 4.45. The first kappa shape index (κ1) is 18.5. The average Bonchev–Trinajstić information content (AvgIpc) is 3.16. The molecule has 2 aromatic carbocycles. The Kier molecular flexibility index (Phi) is 5.41. The highest BCUT2D eigenvalue weighted by Gasteiger charge is 2.12. The first-order valence-electron chi connectivity index (χ1n) is 7.85. The summed E-state index contributed by atoms with van der Waals surface area (Å²) < 4.78 is 0.950. The van der Waals surface area contributed by atoms with Crippen LogP contribution < -0.4 is 5.43 Å². The zero-order valence-electron chi connectivity index (χ0n) is 14.1. The Labute approximate surface area is 162 Å². The number of nitro groups is 1. The van der Waals surface area contributed by atoms with Gasteiger partial charge in [0.2, 0.25) is 0 Å². The summed E-state index contributed by atoms with van der Waals surface area (Å²) in [6.07, 6.45) is 0. The third-order valence-electron chi connectivity index (χ3n) is 3.76. The van der Waals surface area contributed by atoms with Gasteiger partial charge in [0, 0.05) is 27.7 Å². The maximum absolute atomic E-state index is 12.2. The second kappa shape index (κ2) is 7.92. The monoisotopic (exact) mass is 427 g/mol. The fourth-order valence-corrected chi connectivity index (χ4v) is 2.57. The van der Waals surface area contributed by atoms with Crippen molar-refractivity contribution in [3.8, 4) is 11.3 Å². The van der Waals surface area contributed by atoms with Gasteiger partial charge in [-0.25, -0.2) is 5.43 Å². The van der Waals surface area contributed by atoms with E-state index < -0.39 is 10.8 Å². The molecule has 0 aliphatic rings. The van der Waals surface area contributed by atoms with Gasteiger partial charge in [0.25, 0.3) is 11.6 Å². The quantitative estimate of drug-likeness (QED) is 0.365. The largest absolute Gasteiger partial charge is 0.289 e. The lowest BCUT2D eigenvalue weighted by Gasteiger charge is -2.02.